The molecule has 0 aliphatic rings. The van der Waals surface area contributed by atoms with Crippen LogP contribution in [0.25, 0.3) is 11.1 Å². The van der Waals surface area contributed by atoms with Gasteiger partial charge in [-0.1, -0.05) is 41.9 Å². The maximum absolute atomic E-state index is 12.9. The molecule has 0 fully saturated rings. The third-order valence-electron chi connectivity index (χ3n) is 1.94. The maximum atomic E-state index is 12.9. The molecule has 1 radical (unpaired) electrons. The van der Waals surface area contributed by atoms with E-state index in [1.165, 1.54) is 6.07 Å². The lowest BCUT2D eigenvalue weighted by Crippen LogP contribution is -1.80. The molecule has 0 N–H and O–H groups in total. The zero-order chi connectivity index (χ0) is 9.97. The summed E-state index contributed by atoms with van der Waals surface area (Å²) in [7, 11) is 0. The molecule has 2 heteroatoms. The van der Waals surface area contributed by atoms with Crippen molar-refractivity contribution >= 4 is 11.6 Å². The van der Waals surface area contributed by atoms with E-state index in [4.69, 9.17) is 11.6 Å². The predicted molar refractivity (Wildman–Crippen MR) is 55.7 cm³/mol. The lowest BCUT2D eigenvalue weighted by Gasteiger charge is -2.01. The zero-order valence-corrected chi connectivity index (χ0v) is 8.05. The Kier molecular flexibility index (Phi) is 2.51. The second-order valence-electron chi connectivity index (χ2n) is 2.91. The standard InChI is InChI=1S/C12H7ClF/c13-11-8-10(6-7-12(11)14)9-4-2-1-3-5-9/h1-4,6-8H. The lowest BCUT2D eigenvalue weighted by atomic mass is 10.1. The normalized spacial score (nSPS) is 10.1. The molecule has 0 heterocycles. The first-order chi connectivity index (χ1) is 6.77. The van der Waals surface area contributed by atoms with Gasteiger partial charge in [0.25, 0.3) is 0 Å². The monoisotopic (exact) mass is 205 g/mol. The van der Waals surface area contributed by atoms with Crippen molar-refractivity contribution < 1.29 is 4.39 Å². The molecule has 2 rings (SSSR count). The Morgan fingerprint density at radius 1 is 1.14 bits per heavy atom. The van der Waals surface area contributed by atoms with Gasteiger partial charge in [-0.05, 0) is 29.3 Å². The highest BCUT2D eigenvalue weighted by molar-refractivity contribution is 6.31. The van der Waals surface area contributed by atoms with E-state index in [1.54, 1.807) is 12.1 Å². The predicted octanol–water partition coefficient (Wildman–Crippen LogP) is 3.95. The van der Waals surface area contributed by atoms with E-state index in [0.717, 1.165) is 11.1 Å². The second-order valence-corrected chi connectivity index (χ2v) is 3.31. The molecule has 2 aromatic rings. The van der Waals surface area contributed by atoms with Crippen LogP contribution in [0.3, 0.4) is 0 Å². The van der Waals surface area contributed by atoms with Crippen molar-refractivity contribution in [2.75, 3.05) is 0 Å². The van der Waals surface area contributed by atoms with Crippen LogP contribution in [0.5, 0.6) is 0 Å². The summed E-state index contributed by atoms with van der Waals surface area (Å²) in [5.74, 6) is -0.397. The number of halogens is 2. The Morgan fingerprint density at radius 3 is 2.64 bits per heavy atom. The fourth-order valence-corrected chi connectivity index (χ4v) is 1.42. The van der Waals surface area contributed by atoms with Crippen LogP contribution in [-0.4, -0.2) is 0 Å². The number of hydrogen-bond acceptors (Lipinski definition) is 0. The molecule has 0 amide bonds. The summed E-state index contributed by atoms with van der Waals surface area (Å²) in [6, 6.07) is 15.2. The smallest absolute Gasteiger partial charge is 0.141 e. The Hall–Kier alpha value is -1.34. The van der Waals surface area contributed by atoms with Crippen LogP contribution >= 0.6 is 11.6 Å². The molecule has 0 spiro atoms. The molecule has 0 bridgehead atoms. The van der Waals surface area contributed by atoms with Gasteiger partial charge in [-0.2, -0.15) is 0 Å². The van der Waals surface area contributed by atoms with Gasteiger partial charge in [0.1, 0.15) is 5.82 Å². The molecule has 0 saturated carbocycles. The first-order valence-corrected chi connectivity index (χ1v) is 4.57. The van der Waals surface area contributed by atoms with Crippen LogP contribution in [0.1, 0.15) is 0 Å². The van der Waals surface area contributed by atoms with Gasteiger partial charge in [0.2, 0.25) is 0 Å². The van der Waals surface area contributed by atoms with Gasteiger partial charge in [-0.25, -0.2) is 4.39 Å². The molecule has 0 aromatic heterocycles. The highest BCUT2D eigenvalue weighted by Crippen LogP contribution is 2.23. The third-order valence-corrected chi connectivity index (χ3v) is 2.23. The summed E-state index contributed by atoms with van der Waals surface area (Å²) < 4.78 is 12.9. The fraction of sp³-hybridized carbons (Fsp3) is 0. The number of rotatable bonds is 1. The van der Waals surface area contributed by atoms with Crippen molar-refractivity contribution in [1.29, 1.82) is 0 Å². The van der Waals surface area contributed by atoms with E-state index < -0.39 is 5.82 Å². The highest BCUT2D eigenvalue weighted by Gasteiger charge is 2.02. The van der Waals surface area contributed by atoms with E-state index in [2.05, 4.69) is 6.07 Å². The van der Waals surface area contributed by atoms with Gasteiger partial charge in [-0.3, -0.25) is 0 Å². The Bertz CT molecular complexity index is 437. The molecular formula is C12H7ClF. The van der Waals surface area contributed by atoms with Gasteiger partial charge >= 0.3 is 0 Å². The van der Waals surface area contributed by atoms with Crippen molar-refractivity contribution in [3.63, 3.8) is 0 Å². The topological polar surface area (TPSA) is 0 Å². The average Bonchev–Trinajstić information content (AvgIpc) is 2.23. The summed E-state index contributed by atoms with van der Waals surface area (Å²) in [4.78, 5) is 0. The van der Waals surface area contributed by atoms with Crippen molar-refractivity contribution in [1.82, 2.24) is 0 Å². The van der Waals surface area contributed by atoms with Crippen LogP contribution in [0.15, 0.2) is 42.5 Å². The minimum absolute atomic E-state index is 0.139. The molecule has 69 valence electrons. The van der Waals surface area contributed by atoms with Crippen LogP contribution in [-0.2, 0) is 0 Å². The molecule has 14 heavy (non-hydrogen) atoms. The Labute approximate surface area is 87.0 Å². The van der Waals surface area contributed by atoms with Crippen molar-refractivity contribution in [3.8, 4) is 11.1 Å². The van der Waals surface area contributed by atoms with E-state index >= 15 is 0 Å². The number of benzene rings is 2. The van der Waals surface area contributed by atoms with Gasteiger partial charge in [0.05, 0.1) is 5.02 Å². The van der Waals surface area contributed by atoms with Crippen LogP contribution in [0, 0.1) is 11.9 Å². The average molecular weight is 206 g/mol. The minimum Gasteiger partial charge on any atom is -0.205 e. The summed E-state index contributed by atoms with van der Waals surface area (Å²) in [5.41, 5.74) is 1.78. The molecule has 2 aromatic carbocycles. The SMILES string of the molecule is Fc1ccc(-c2[c]cccc2)cc1Cl. The third kappa shape index (κ3) is 1.78. The van der Waals surface area contributed by atoms with Gasteiger partial charge in [0, 0.05) is 0 Å². The molecule has 0 unspecified atom stereocenters. The molecule has 0 atom stereocenters. The van der Waals surface area contributed by atoms with Gasteiger partial charge in [-0.15, -0.1) is 0 Å². The lowest BCUT2D eigenvalue weighted by molar-refractivity contribution is 0.628. The van der Waals surface area contributed by atoms with Crippen LogP contribution in [0.4, 0.5) is 4.39 Å². The highest BCUT2D eigenvalue weighted by atomic mass is 35.5. The first-order valence-electron chi connectivity index (χ1n) is 4.19. The summed E-state index contributed by atoms with van der Waals surface area (Å²) in [6.45, 7) is 0. The molecule has 0 aliphatic carbocycles. The Morgan fingerprint density at radius 2 is 2.00 bits per heavy atom. The summed E-state index contributed by atoms with van der Waals surface area (Å²) in [5, 5.41) is 0.139. The number of hydrogen-bond donors (Lipinski definition) is 0. The zero-order valence-electron chi connectivity index (χ0n) is 7.30. The molecule has 0 nitrogen and oxygen atoms in total. The van der Waals surface area contributed by atoms with Crippen LogP contribution < -0.4 is 0 Å². The van der Waals surface area contributed by atoms with E-state index in [9.17, 15) is 4.39 Å². The largest absolute Gasteiger partial charge is 0.205 e. The summed E-state index contributed by atoms with van der Waals surface area (Å²) >= 11 is 5.67. The molecule has 0 aliphatic heterocycles. The molecular weight excluding hydrogens is 199 g/mol. The quantitative estimate of drug-likeness (QED) is 0.662. The maximum Gasteiger partial charge on any atom is 0.141 e. The Balaban J connectivity index is 2.48. The van der Waals surface area contributed by atoms with Gasteiger partial charge < -0.3 is 0 Å². The van der Waals surface area contributed by atoms with E-state index in [1.807, 2.05) is 24.3 Å². The van der Waals surface area contributed by atoms with Gasteiger partial charge in [0.15, 0.2) is 0 Å². The minimum atomic E-state index is -0.397. The van der Waals surface area contributed by atoms with E-state index in [-0.39, 0.29) is 5.02 Å². The van der Waals surface area contributed by atoms with E-state index in [0.29, 0.717) is 0 Å². The fourth-order valence-electron chi connectivity index (χ4n) is 1.24. The van der Waals surface area contributed by atoms with Crippen molar-refractivity contribution in [2.45, 2.75) is 0 Å². The van der Waals surface area contributed by atoms with Crippen LogP contribution in [0.2, 0.25) is 5.02 Å². The van der Waals surface area contributed by atoms with Crippen molar-refractivity contribution in [3.05, 3.63) is 59.4 Å². The first kappa shape index (κ1) is 9.22. The second kappa shape index (κ2) is 3.81. The molecule has 0 saturated heterocycles. The summed E-state index contributed by atoms with van der Waals surface area (Å²) in [6.07, 6.45) is 0. The van der Waals surface area contributed by atoms with Crippen molar-refractivity contribution in [2.24, 2.45) is 0 Å².